The van der Waals surface area contributed by atoms with Crippen LogP contribution in [0.3, 0.4) is 0 Å². The third-order valence-electron chi connectivity index (χ3n) is 4.12. The first-order chi connectivity index (χ1) is 8.81. The molecule has 0 radical (unpaired) electrons. The molecule has 4 heterocycles. The van der Waals surface area contributed by atoms with Crippen LogP contribution in [0.25, 0.3) is 16.3 Å². The number of rotatable bonds is 1. The van der Waals surface area contributed by atoms with Crippen LogP contribution in [0.15, 0.2) is 39.6 Å². The first-order valence-corrected chi connectivity index (χ1v) is 7.23. The number of hydrogen-bond donors (Lipinski definition) is 0. The number of halogens is 1. The molecular weight excluding hydrogens is 290 g/mol. The number of fused-ring (bicyclic) bond motifs is 3. The summed E-state index contributed by atoms with van der Waals surface area (Å²) in [5, 5.41) is 2.41. The average Bonchev–Trinajstić information content (AvgIpc) is 2.82. The maximum Gasteiger partial charge on any atom is 0.139 e. The molecule has 0 spiro atoms. The molecule has 1 aromatic heterocycles. The topological polar surface area (TPSA) is 16.4 Å². The van der Waals surface area contributed by atoms with Crippen LogP contribution in [0.2, 0.25) is 0 Å². The second kappa shape index (κ2) is 3.89. The van der Waals surface area contributed by atoms with Gasteiger partial charge in [0.05, 0.1) is 6.26 Å². The molecule has 2 nitrogen and oxygen atoms in total. The number of furan rings is 1. The Kier molecular flexibility index (Phi) is 2.31. The molecule has 3 heteroatoms. The summed E-state index contributed by atoms with van der Waals surface area (Å²) in [7, 11) is 0. The van der Waals surface area contributed by atoms with Gasteiger partial charge >= 0.3 is 0 Å². The Balaban J connectivity index is 1.88. The lowest BCUT2D eigenvalue weighted by molar-refractivity contribution is 0.250. The summed E-state index contributed by atoms with van der Waals surface area (Å²) >= 11 is 3.51. The van der Waals surface area contributed by atoms with E-state index in [1.54, 1.807) is 0 Å². The Labute approximate surface area is 114 Å². The van der Waals surface area contributed by atoms with Crippen LogP contribution >= 0.6 is 15.9 Å². The second-order valence-electron chi connectivity index (χ2n) is 5.19. The van der Waals surface area contributed by atoms with Gasteiger partial charge in [-0.05, 0) is 37.0 Å². The highest BCUT2D eigenvalue weighted by Gasteiger charge is 2.30. The van der Waals surface area contributed by atoms with E-state index >= 15 is 0 Å². The molecular formula is C15H14BrNO. The highest BCUT2D eigenvalue weighted by molar-refractivity contribution is 9.10. The number of hydrogen-bond acceptors (Lipinski definition) is 2. The van der Waals surface area contributed by atoms with E-state index in [0.29, 0.717) is 5.92 Å². The summed E-state index contributed by atoms with van der Waals surface area (Å²) in [6.45, 7) is 2.41. The van der Waals surface area contributed by atoms with E-state index < -0.39 is 0 Å². The van der Waals surface area contributed by atoms with E-state index in [1.165, 1.54) is 42.3 Å². The molecule has 1 aromatic carbocycles. The summed E-state index contributed by atoms with van der Waals surface area (Å²) in [5.41, 5.74) is 1.39. The number of benzene rings is 1. The van der Waals surface area contributed by atoms with Crippen molar-refractivity contribution in [2.24, 2.45) is 5.92 Å². The Morgan fingerprint density at radius 3 is 2.78 bits per heavy atom. The third kappa shape index (κ3) is 1.53. The maximum atomic E-state index is 5.85. The Hall–Kier alpha value is -1.22. The summed E-state index contributed by atoms with van der Waals surface area (Å²) in [6.07, 6.45) is 6.71. The van der Waals surface area contributed by atoms with Gasteiger partial charge in [-0.15, -0.1) is 0 Å². The van der Waals surface area contributed by atoms with Crippen molar-refractivity contribution in [1.82, 2.24) is 4.90 Å². The zero-order chi connectivity index (χ0) is 12.1. The van der Waals surface area contributed by atoms with E-state index in [4.69, 9.17) is 4.42 Å². The van der Waals surface area contributed by atoms with E-state index in [1.807, 2.05) is 6.26 Å². The Bertz CT molecular complexity index is 635. The van der Waals surface area contributed by atoms with Gasteiger partial charge in [0.25, 0.3) is 0 Å². The predicted molar refractivity (Wildman–Crippen MR) is 76.2 cm³/mol. The summed E-state index contributed by atoms with van der Waals surface area (Å²) < 4.78 is 6.95. The smallest absolute Gasteiger partial charge is 0.139 e. The lowest BCUT2D eigenvalue weighted by atomic mass is 9.84. The molecule has 92 valence electrons. The van der Waals surface area contributed by atoms with E-state index in [-0.39, 0.29) is 0 Å². The zero-order valence-corrected chi connectivity index (χ0v) is 11.6. The van der Waals surface area contributed by atoms with Crippen molar-refractivity contribution in [3.8, 4) is 0 Å². The highest BCUT2D eigenvalue weighted by Crippen LogP contribution is 2.40. The fraction of sp³-hybridized carbons (Fsp3) is 0.333. The normalized spacial score (nSPS) is 19.6. The van der Waals surface area contributed by atoms with Crippen molar-refractivity contribution in [3.63, 3.8) is 0 Å². The summed E-state index contributed by atoms with van der Waals surface area (Å²) in [5.74, 6) is 1.76. The zero-order valence-electron chi connectivity index (χ0n) is 10.0. The summed E-state index contributed by atoms with van der Waals surface area (Å²) in [4.78, 5) is 2.42. The third-order valence-corrected chi connectivity index (χ3v) is 4.61. The Morgan fingerprint density at radius 2 is 2.06 bits per heavy atom. The lowest BCUT2D eigenvalue weighted by Crippen LogP contribution is -2.35. The van der Waals surface area contributed by atoms with Crippen molar-refractivity contribution in [1.29, 1.82) is 0 Å². The van der Waals surface area contributed by atoms with E-state index in [9.17, 15) is 0 Å². The molecule has 0 unspecified atom stereocenters. The van der Waals surface area contributed by atoms with Crippen molar-refractivity contribution in [2.75, 3.05) is 13.1 Å². The van der Waals surface area contributed by atoms with Gasteiger partial charge in [-0.1, -0.05) is 15.9 Å². The minimum Gasteiger partial charge on any atom is -0.463 e. The van der Waals surface area contributed by atoms with Gasteiger partial charge in [0.1, 0.15) is 5.76 Å². The minimum atomic E-state index is 0.688. The van der Waals surface area contributed by atoms with Crippen LogP contribution in [0.4, 0.5) is 0 Å². The van der Waals surface area contributed by atoms with Crippen molar-refractivity contribution in [2.45, 2.75) is 12.8 Å². The fourth-order valence-corrected chi connectivity index (χ4v) is 3.51. The van der Waals surface area contributed by atoms with Crippen LogP contribution in [-0.2, 0) is 0 Å². The van der Waals surface area contributed by atoms with Crippen LogP contribution in [0.1, 0.15) is 18.6 Å². The molecule has 1 fully saturated rings. The predicted octanol–water partition coefficient (Wildman–Crippen LogP) is 4.26. The van der Waals surface area contributed by atoms with Crippen molar-refractivity contribution < 1.29 is 4.42 Å². The molecule has 3 aliphatic heterocycles. The largest absolute Gasteiger partial charge is 0.463 e. The van der Waals surface area contributed by atoms with E-state index in [2.05, 4.69) is 45.2 Å². The molecule has 0 N–H and O–H groups in total. The van der Waals surface area contributed by atoms with Gasteiger partial charge in [-0.25, -0.2) is 0 Å². The lowest BCUT2D eigenvalue weighted by Gasteiger charge is -2.38. The molecule has 5 rings (SSSR count). The quantitative estimate of drug-likeness (QED) is 0.782. The van der Waals surface area contributed by atoms with Gasteiger partial charge in [0.15, 0.2) is 0 Å². The average molecular weight is 304 g/mol. The molecule has 2 aromatic rings. The van der Waals surface area contributed by atoms with Gasteiger partial charge in [0.2, 0.25) is 0 Å². The molecule has 2 bridgehead atoms. The van der Waals surface area contributed by atoms with Gasteiger partial charge < -0.3 is 9.32 Å². The van der Waals surface area contributed by atoms with E-state index in [0.717, 1.165) is 10.2 Å². The molecule has 0 aliphatic carbocycles. The first-order valence-electron chi connectivity index (χ1n) is 6.44. The molecule has 3 aliphatic rings. The number of piperidine rings is 1. The fourth-order valence-electron chi connectivity index (χ4n) is 3.13. The molecule has 0 atom stereocenters. The van der Waals surface area contributed by atoms with Gasteiger partial charge in [-0.3, -0.25) is 0 Å². The van der Waals surface area contributed by atoms with Crippen molar-refractivity contribution in [3.05, 3.63) is 40.9 Å². The maximum absolute atomic E-state index is 5.85. The molecule has 0 saturated carbocycles. The SMILES string of the molecule is Brc1ccc2c(C3=CN4CCC3CC4)occ2c1. The van der Waals surface area contributed by atoms with Crippen LogP contribution in [-0.4, -0.2) is 18.0 Å². The van der Waals surface area contributed by atoms with Gasteiger partial charge in [-0.2, -0.15) is 0 Å². The second-order valence-corrected chi connectivity index (χ2v) is 6.11. The molecule has 0 amide bonds. The number of nitrogens with zero attached hydrogens (tertiary/aromatic N) is 1. The van der Waals surface area contributed by atoms with Crippen LogP contribution in [0, 0.1) is 5.92 Å². The van der Waals surface area contributed by atoms with Crippen molar-refractivity contribution >= 4 is 32.3 Å². The molecule has 1 saturated heterocycles. The standard InChI is InChI=1S/C15H14BrNO/c16-12-1-2-13-11(7-12)9-18-15(13)14-8-17-5-3-10(14)4-6-17/h1-2,7-10H,3-6H2. The minimum absolute atomic E-state index is 0.688. The monoisotopic (exact) mass is 303 g/mol. The highest BCUT2D eigenvalue weighted by atomic mass is 79.9. The Morgan fingerprint density at radius 1 is 1.22 bits per heavy atom. The molecule has 18 heavy (non-hydrogen) atoms. The summed E-state index contributed by atoms with van der Waals surface area (Å²) in [6, 6.07) is 6.35. The first kappa shape index (κ1) is 10.7. The van der Waals surface area contributed by atoms with Crippen LogP contribution < -0.4 is 0 Å². The van der Waals surface area contributed by atoms with Crippen LogP contribution in [0.5, 0.6) is 0 Å². The van der Waals surface area contributed by atoms with Gasteiger partial charge in [0, 0.05) is 40.1 Å². The number of allylic oxidation sites excluding steroid dienone is 1.